The first-order valence-corrected chi connectivity index (χ1v) is 9.96. The van der Waals surface area contributed by atoms with E-state index in [-0.39, 0.29) is 17.9 Å². The van der Waals surface area contributed by atoms with Gasteiger partial charge in [-0.1, -0.05) is 35.9 Å². The van der Waals surface area contributed by atoms with Crippen molar-refractivity contribution in [2.24, 2.45) is 0 Å². The van der Waals surface area contributed by atoms with Gasteiger partial charge in [-0.05, 0) is 78.1 Å². The Bertz CT molecular complexity index is 1040. The first-order valence-electron chi connectivity index (χ1n) is 9.58. The number of rotatable bonds is 5. The highest BCUT2D eigenvalue weighted by atomic mass is 35.5. The maximum absolute atomic E-state index is 11.3. The lowest BCUT2D eigenvalue weighted by molar-refractivity contribution is -0.132. The van der Waals surface area contributed by atoms with Gasteiger partial charge in [0.15, 0.2) is 0 Å². The molecule has 0 heterocycles. The number of benzene rings is 3. The van der Waals surface area contributed by atoms with Crippen molar-refractivity contribution in [2.45, 2.75) is 33.6 Å². The fourth-order valence-electron chi connectivity index (χ4n) is 3.62. The molecule has 0 N–H and O–H groups in total. The topological polar surface area (TPSA) is 52.6 Å². The second kappa shape index (κ2) is 9.14. The minimum Gasteiger partial charge on any atom is -0.427 e. The van der Waals surface area contributed by atoms with Crippen LogP contribution in [-0.4, -0.2) is 11.9 Å². The van der Waals surface area contributed by atoms with Gasteiger partial charge in [0.1, 0.15) is 11.5 Å². The van der Waals surface area contributed by atoms with E-state index in [0.717, 1.165) is 27.8 Å². The molecule has 0 aromatic heterocycles. The molecule has 3 aromatic rings. The number of carbonyl (C=O) groups excluding carboxylic acids is 2. The molecule has 4 nitrogen and oxygen atoms in total. The molecule has 3 aromatic carbocycles. The Kier molecular flexibility index (Phi) is 6.58. The number of esters is 2. The van der Waals surface area contributed by atoms with Crippen molar-refractivity contribution in [3.63, 3.8) is 0 Å². The highest BCUT2D eigenvalue weighted by molar-refractivity contribution is 6.30. The van der Waals surface area contributed by atoms with E-state index in [2.05, 4.69) is 0 Å². The summed E-state index contributed by atoms with van der Waals surface area (Å²) < 4.78 is 10.5. The summed E-state index contributed by atoms with van der Waals surface area (Å²) in [6.07, 6.45) is 0. The molecule has 0 aliphatic heterocycles. The summed E-state index contributed by atoms with van der Waals surface area (Å²) >= 11 is 6.29. The van der Waals surface area contributed by atoms with Crippen LogP contribution in [0.2, 0.25) is 5.02 Å². The molecular formula is C25H23ClO4. The van der Waals surface area contributed by atoms with E-state index in [1.165, 1.54) is 13.8 Å². The smallest absolute Gasteiger partial charge is 0.308 e. The van der Waals surface area contributed by atoms with Crippen LogP contribution in [0.15, 0.2) is 60.7 Å². The Morgan fingerprint density at radius 1 is 0.767 bits per heavy atom. The first kappa shape index (κ1) is 21.6. The summed E-state index contributed by atoms with van der Waals surface area (Å²) in [6, 6.07) is 19.0. The van der Waals surface area contributed by atoms with Gasteiger partial charge in [0, 0.05) is 24.8 Å². The van der Waals surface area contributed by atoms with E-state index in [9.17, 15) is 9.59 Å². The minimum absolute atomic E-state index is 0.0959. The van der Waals surface area contributed by atoms with Crippen LogP contribution in [0.5, 0.6) is 11.5 Å². The lowest BCUT2D eigenvalue weighted by Gasteiger charge is -2.23. The zero-order valence-corrected chi connectivity index (χ0v) is 18.1. The second-order valence-corrected chi connectivity index (χ2v) is 7.65. The molecule has 3 rings (SSSR count). The Morgan fingerprint density at radius 3 is 1.67 bits per heavy atom. The van der Waals surface area contributed by atoms with Crippen LogP contribution in [0.4, 0.5) is 0 Å². The summed E-state index contributed by atoms with van der Waals surface area (Å²) in [6.45, 7) is 6.74. The molecule has 154 valence electrons. The summed E-state index contributed by atoms with van der Waals surface area (Å²) in [5.41, 5.74) is 5.14. The Hall–Kier alpha value is -3.11. The second-order valence-electron chi connectivity index (χ2n) is 7.21. The number of carbonyl (C=O) groups is 2. The molecular weight excluding hydrogens is 400 g/mol. The Labute approximate surface area is 181 Å². The van der Waals surface area contributed by atoms with Crippen LogP contribution < -0.4 is 9.47 Å². The van der Waals surface area contributed by atoms with E-state index in [4.69, 9.17) is 21.1 Å². The number of aryl methyl sites for hydroxylation is 2. The predicted octanol–water partition coefficient (Wildman–Crippen LogP) is 5.99. The van der Waals surface area contributed by atoms with Crippen LogP contribution in [0.25, 0.3) is 0 Å². The molecule has 0 radical (unpaired) electrons. The van der Waals surface area contributed by atoms with Crippen LogP contribution in [0, 0.1) is 13.8 Å². The van der Waals surface area contributed by atoms with Crippen molar-refractivity contribution in [1.29, 1.82) is 0 Å². The highest BCUT2D eigenvalue weighted by Gasteiger charge is 2.22. The van der Waals surface area contributed by atoms with E-state index >= 15 is 0 Å². The van der Waals surface area contributed by atoms with Crippen LogP contribution in [-0.2, 0) is 9.59 Å². The maximum Gasteiger partial charge on any atom is 0.308 e. The van der Waals surface area contributed by atoms with Crippen molar-refractivity contribution in [3.05, 3.63) is 93.5 Å². The first-order chi connectivity index (χ1) is 14.2. The van der Waals surface area contributed by atoms with Crippen LogP contribution in [0.1, 0.15) is 47.6 Å². The molecule has 0 spiro atoms. The van der Waals surface area contributed by atoms with Crippen molar-refractivity contribution in [1.82, 2.24) is 0 Å². The van der Waals surface area contributed by atoms with Gasteiger partial charge in [0.2, 0.25) is 0 Å². The van der Waals surface area contributed by atoms with Gasteiger partial charge in [-0.25, -0.2) is 0 Å². The average Bonchev–Trinajstić information content (AvgIpc) is 2.64. The SMILES string of the molecule is CC(=O)Oc1ccc(C(c2cccc(Cl)c2)c2ccc(OC(C)=O)cc2C)c(C)c1. The third-order valence-electron chi connectivity index (χ3n) is 4.81. The molecule has 0 fully saturated rings. The standard InChI is InChI=1S/C25H23ClO4/c1-15-12-21(29-17(3)27)8-10-23(15)25(19-6-5-7-20(26)14-19)24-11-9-22(13-16(24)2)30-18(4)28/h5-14,25H,1-4H3. The number of ether oxygens (including phenoxy) is 2. The molecule has 0 atom stereocenters. The quantitative estimate of drug-likeness (QED) is 0.288. The zero-order chi connectivity index (χ0) is 21.8. The molecule has 0 saturated heterocycles. The molecule has 0 amide bonds. The molecule has 0 bridgehead atoms. The van der Waals surface area contributed by atoms with Crippen molar-refractivity contribution in [3.8, 4) is 11.5 Å². The summed E-state index contributed by atoms with van der Waals surface area (Å²) in [5, 5.41) is 0.654. The Balaban J connectivity index is 2.13. The molecule has 0 aliphatic carbocycles. The zero-order valence-electron chi connectivity index (χ0n) is 17.4. The van der Waals surface area contributed by atoms with E-state index in [1.807, 2.05) is 62.4 Å². The van der Waals surface area contributed by atoms with Crippen molar-refractivity contribution < 1.29 is 19.1 Å². The van der Waals surface area contributed by atoms with Gasteiger partial charge in [-0.3, -0.25) is 9.59 Å². The third kappa shape index (κ3) is 5.08. The van der Waals surface area contributed by atoms with Gasteiger partial charge < -0.3 is 9.47 Å². The summed E-state index contributed by atoms with van der Waals surface area (Å²) in [5.74, 6) is 0.211. The largest absolute Gasteiger partial charge is 0.427 e. The Morgan fingerprint density at radius 2 is 1.27 bits per heavy atom. The fourth-order valence-corrected chi connectivity index (χ4v) is 3.81. The van der Waals surface area contributed by atoms with Gasteiger partial charge in [-0.15, -0.1) is 0 Å². The molecule has 30 heavy (non-hydrogen) atoms. The molecule has 0 saturated carbocycles. The minimum atomic E-state index is -0.356. The lowest BCUT2D eigenvalue weighted by Crippen LogP contribution is -2.09. The summed E-state index contributed by atoms with van der Waals surface area (Å²) in [4.78, 5) is 22.6. The molecule has 5 heteroatoms. The van der Waals surface area contributed by atoms with Crippen LogP contribution in [0.3, 0.4) is 0 Å². The fraction of sp³-hybridized carbons (Fsp3) is 0.200. The summed E-state index contributed by atoms with van der Waals surface area (Å²) in [7, 11) is 0. The third-order valence-corrected chi connectivity index (χ3v) is 5.04. The van der Waals surface area contributed by atoms with E-state index in [0.29, 0.717) is 16.5 Å². The number of halogens is 1. The number of hydrogen-bond acceptors (Lipinski definition) is 4. The predicted molar refractivity (Wildman–Crippen MR) is 117 cm³/mol. The van der Waals surface area contributed by atoms with Gasteiger partial charge in [0.25, 0.3) is 0 Å². The van der Waals surface area contributed by atoms with Crippen molar-refractivity contribution >= 4 is 23.5 Å². The molecule has 0 aliphatic rings. The van der Waals surface area contributed by atoms with Gasteiger partial charge in [-0.2, -0.15) is 0 Å². The monoisotopic (exact) mass is 422 g/mol. The van der Waals surface area contributed by atoms with E-state index in [1.54, 1.807) is 12.1 Å². The van der Waals surface area contributed by atoms with Crippen molar-refractivity contribution in [2.75, 3.05) is 0 Å². The molecule has 0 unspecified atom stereocenters. The number of hydrogen-bond donors (Lipinski definition) is 0. The lowest BCUT2D eigenvalue weighted by atomic mass is 9.81. The normalized spacial score (nSPS) is 10.7. The van der Waals surface area contributed by atoms with Crippen LogP contribution >= 0.6 is 11.6 Å². The highest BCUT2D eigenvalue weighted by Crippen LogP contribution is 2.38. The average molecular weight is 423 g/mol. The maximum atomic E-state index is 11.3. The van der Waals surface area contributed by atoms with Gasteiger partial charge in [0.05, 0.1) is 0 Å². The van der Waals surface area contributed by atoms with Gasteiger partial charge >= 0.3 is 11.9 Å². The van der Waals surface area contributed by atoms with E-state index < -0.39 is 0 Å².